The molecule has 98 valence electrons. The van der Waals surface area contributed by atoms with E-state index >= 15 is 0 Å². The van der Waals surface area contributed by atoms with Crippen LogP contribution in [-0.2, 0) is 17.3 Å². The second-order valence-corrected chi connectivity index (χ2v) is 6.17. The monoisotopic (exact) mass is 285 g/mol. The van der Waals surface area contributed by atoms with Gasteiger partial charge < -0.3 is 9.73 Å². The Morgan fingerprint density at radius 3 is 2.94 bits per heavy atom. The molecule has 0 saturated carbocycles. The summed E-state index contributed by atoms with van der Waals surface area (Å²) in [5.74, 6) is 1.38. The molecule has 0 spiro atoms. The third-order valence-corrected chi connectivity index (χ3v) is 4.39. The summed E-state index contributed by atoms with van der Waals surface area (Å²) in [5, 5.41) is 4.71. The van der Waals surface area contributed by atoms with Gasteiger partial charge in [-0.05, 0) is 17.7 Å². The SMILES string of the molecule is CCS(=O)CCNCc1c(Cl)oc2ccccc12. The molecule has 0 aliphatic rings. The number of fused-ring (bicyclic) bond motifs is 1. The van der Waals surface area contributed by atoms with E-state index in [9.17, 15) is 4.21 Å². The van der Waals surface area contributed by atoms with Gasteiger partial charge in [0.15, 0.2) is 5.22 Å². The van der Waals surface area contributed by atoms with Crippen molar-refractivity contribution in [2.75, 3.05) is 18.1 Å². The first-order chi connectivity index (χ1) is 8.72. The van der Waals surface area contributed by atoms with Gasteiger partial charge in [0.1, 0.15) is 5.58 Å². The molecular formula is C13H16ClNO2S. The molecule has 1 aromatic carbocycles. The average molecular weight is 286 g/mol. The maximum Gasteiger partial charge on any atom is 0.199 e. The smallest absolute Gasteiger partial charge is 0.199 e. The highest BCUT2D eigenvalue weighted by Crippen LogP contribution is 2.29. The van der Waals surface area contributed by atoms with Crippen LogP contribution in [0.1, 0.15) is 12.5 Å². The molecule has 5 heteroatoms. The number of rotatable bonds is 6. The summed E-state index contributed by atoms with van der Waals surface area (Å²) in [7, 11) is -0.727. The van der Waals surface area contributed by atoms with Gasteiger partial charge >= 0.3 is 0 Å². The average Bonchev–Trinajstić information content (AvgIpc) is 2.70. The largest absolute Gasteiger partial charge is 0.444 e. The molecule has 1 aromatic heterocycles. The molecule has 3 nitrogen and oxygen atoms in total. The fourth-order valence-electron chi connectivity index (χ4n) is 1.78. The van der Waals surface area contributed by atoms with Crippen molar-refractivity contribution in [1.82, 2.24) is 5.32 Å². The number of benzene rings is 1. The van der Waals surface area contributed by atoms with Crippen LogP contribution in [0.2, 0.25) is 5.22 Å². The summed E-state index contributed by atoms with van der Waals surface area (Å²) in [4.78, 5) is 0. The van der Waals surface area contributed by atoms with Crippen molar-refractivity contribution in [1.29, 1.82) is 0 Å². The lowest BCUT2D eigenvalue weighted by Crippen LogP contribution is -2.20. The number of para-hydroxylation sites is 1. The summed E-state index contributed by atoms with van der Waals surface area (Å²) in [5.41, 5.74) is 1.77. The predicted octanol–water partition coefficient (Wildman–Crippen LogP) is 2.94. The van der Waals surface area contributed by atoms with E-state index in [-0.39, 0.29) is 0 Å². The highest BCUT2D eigenvalue weighted by Gasteiger charge is 2.11. The Bertz CT molecular complexity index is 553. The summed E-state index contributed by atoms with van der Waals surface area (Å²) >= 11 is 6.07. The van der Waals surface area contributed by atoms with Crippen molar-refractivity contribution in [3.05, 3.63) is 35.0 Å². The normalized spacial score (nSPS) is 13.0. The minimum Gasteiger partial charge on any atom is -0.444 e. The van der Waals surface area contributed by atoms with E-state index in [1.54, 1.807) is 0 Å². The zero-order valence-corrected chi connectivity index (χ0v) is 11.8. The number of hydrogen-bond acceptors (Lipinski definition) is 3. The van der Waals surface area contributed by atoms with E-state index in [4.69, 9.17) is 16.0 Å². The van der Waals surface area contributed by atoms with E-state index in [1.165, 1.54) is 0 Å². The Labute approximate surface area is 114 Å². The van der Waals surface area contributed by atoms with Crippen LogP contribution in [0.5, 0.6) is 0 Å². The van der Waals surface area contributed by atoms with Crippen molar-refractivity contribution in [2.24, 2.45) is 0 Å². The molecular weight excluding hydrogens is 270 g/mol. The first-order valence-electron chi connectivity index (χ1n) is 5.94. The van der Waals surface area contributed by atoms with E-state index in [1.807, 2.05) is 31.2 Å². The standard InChI is InChI=1S/C13H16ClNO2S/c1-2-18(16)8-7-15-9-11-10-5-3-4-6-12(10)17-13(11)14/h3-6,15H,2,7-9H2,1H3. The minimum absolute atomic E-state index is 0.431. The summed E-state index contributed by atoms with van der Waals surface area (Å²) in [6.45, 7) is 3.28. The number of furan rings is 1. The molecule has 0 amide bonds. The zero-order chi connectivity index (χ0) is 13.0. The molecule has 0 saturated heterocycles. The molecule has 0 radical (unpaired) electrons. The van der Waals surface area contributed by atoms with Crippen molar-refractivity contribution in [2.45, 2.75) is 13.5 Å². The summed E-state index contributed by atoms with van der Waals surface area (Å²) < 4.78 is 16.7. The fraction of sp³-hybridized carbons (Fsp3) is 0.385. The van der Waals surface area contributed by atoms with Crippen LogP contribution in [0, 0.1) is 0 Å². The Morgan fingerprint density at radius 2 is 2.17 bits per heavy atom. The highest BCUT2D eigenvalue weighted by atomic mass is 35.5. The third kappa shape index (κ3) is 3.13. The predicted molar refractivity (Wildman–Crippen MR) is 76.5 cm³/mol. The lowest BCUT2D eigenvalue weighted by molar-refractivity contribution is 0.606. The number of nitrogens with one attached hydrogen (secondary N) is 1. The van der Waals surface area contributed by atoms with E-state index in [0.29, 0.717) is 23.3 Å². The molecule has 2 aromatic rings. The van der Waals surface area contributed by atoms with Gasteiger partial charge in [-0.1, -0.05) is 25.1 Å². The maximum atomic E-state index is 11.3. The van der Waals surface area contributed by atoms with Crippen LogP contribution in [0.15, 0.2) is 28.7 Å². The lowest BCUT2D eigenvalue weighted by atomic mass is 10.2. The molecule has 1 atom stereocenters. The van der Waals surface area contributed by atoms with Crippen molar-refractivity contribution < 1.29 is 8.63 Å². The Kier molecular flexibility index (Phi) is 4.80. The van der Waals surface area contributed by atoms with E-state index in [0.717, 1.165) is 23.1 Å². The molecule has 0 fully saturated rings. The van der Waals surface area contributed by atoms with Crippen LogP contribution in [0.25, 0.3) is 11.0 Å². The second-order valence-electron chi connectivity index (χ2n) is 3.96. The van der Waals surface area contributed by atoms with Gasteiger partial charge in [0.25, 0.3) is 0 Å². The van der Waals surface area contributed by atoms with Gasteiger partial charge in [-0.2, -0.15) is 0 Å². The van der Waals surface area contributed by atoms with Crippen LogP contribution < -0.4 is 5.32 Å². The Balaban J connectivity index is 1.99. The van der Waals surface area contributed by atoms with Crippen LogP contribution >= 0.6 is 11.6 Å². The van der Waals surface area contributed by atoms with Gasteiger partial charge in [-0.15, -0.1) is 0 Å². The van der Waals surface area contributed by atoms with Crippen molar-refractivity contribution >= 4 is 33.4 Å². The first-order valence-corrected chi connectivity index (χ1v) is 7.80. The Morgan fingerprint density at radius 1 is 1.39 bits per heavy atom. The van der Waals surface area contributed by atoms with Crippen molar-refractivity contribution in [3.8, 4) is 0 Å². The van der Waals surface area contributed by atoms with Gasteiger partial charge in [0, 0.05) is 46.3 Å². The van der Waals surface area contributed by atoms with Crippen LogP contribution in [0.3, 0.4) is 0 Å². The van der Waals surface area contributed by atoms with Gasteiger partial charge in [-0.3, -0.25) is 4.21 Å². The van der Waals surface area contributed by atoms with Gasteiger partial charge in [-0.25, -0.2) is 0 Å². The summed E-state index contributed by atoms with van der Waals surface area (Å²) in [6, 6.07) is 7.77. The Hall–Kier alpha value is -0.840. The van der Waals surface area contributed by atoms with Crippen LogP contribution in [0.4, 0.5) is 0 Å². The van der Waals surface area contributed by atoms with Crippen molar-refractivity contribution in [3.63, 3.8) is 0 Å². The number of hydrogen-bond donors (Lipinski definition) is 1. The molecule has 1 N–H and O–H groups in total. The van der Waals surface area contributed by atoms with E-state index in [2.05, 4.69) is 5.32 Å². The summed E-state index contributed by atoms with van der Waals surface area (Å²) in [6.07, 6.45) is 0. The molecule has 1 heterocycles. The van der Waals surface area contributed by atoms with Gasteiger partial charge in [0.2, 0.25) is 0 Å². The quantitative estimate of drug-likeness (QED) is 0.830. The molecule has 0 aliphatic heterocycles. The molecule has 2 rings (SSSR count). The molecule has 18 heavy (non-hydrogen) atoms. The lowest BCUT2D eigenvalue weighted by Gasteiger charge is -2.03. The molecule has 1 unspecified atom stereocenters. The second kappa shape index (κ2) is 6.36. The maximum absolute atomic E-state index is 11.3. The third-order valence-electron chi connectivity index (χ3n) is 2.78. The highest BCUT2D eigenvalue weighted by molar-refractivity contribution is 7.84. The van der Waals surface area contributed by atoms with Gasteiger partial charge in [0.05, 0.1) is 0 Å². The van der Waals surface area contributed by atoms with E-state index < -0.39 is 10.8 Å². The fourth-order valence-corrected chi connectivity index (χ4v) is 2.69. The topological polar surface area (TPSA) is 42.2 Å². The minimum atomic E-state index is -0.727. The zero-order valence-electron chi connectivity index (χ0n) is 10.2. The molecule has 0 bridgehead atoms. The first kappa shape index (κ1) is 13.6. The molecule has 0 aliphatic carbocycles. The number of halogens is 1. The van der Waals surface area contributed by atoms with Crippen LogP contribution in [-0.4, -0.2) is 22.3 Å².